The summed E-state index contributed by atoms with van der Waals surface area (Å²) in [5.41, 5.74) is 7.46. The van der Waals surface area contributed by atoms with Crippen molar-refractivity contribution in [1.29, 1.82) is 0 Å². The average Bonchev–Trinajstić information content (AvgIpc) is 2.95. The molecule has 0 saturated carbocycles. The van der Waals surface area contributed by atoms with E-state index >= 15 is 0 Å². The van der Waals surface area contributed by atoms with Crippen molar-refractivity contribution >= 4 is 27.7 Å². The van der Waals surface area contributed by atoms with Gasteiger partial charge in [-0.25, -0.2) is 0 Å². The summed E-state index contributed by atoms with van der Waals surface area (Å²) in [5.74, 6) is 1.22. The van der Waals surface area contributed by atoms with Gasteiger partial charge in [-0.2, -0.15) is 16.9 Å². The number of ether oxygens (including phenoxy) is 1. The molecule has 2 heterocycles. The number of nitrogens with two attached hydrogens (primary N) is 1. The summed E-state index contributed by atoms with van der Waals surface area (Å²) in [5, 5.41) is 4.86. The van der Waals surface area contributed by atoms with Gasteiger partial charge in [0.1, 0.15) is 0 Å². The lowest BCUT2D eigenvalue weighted by atomic mass is 10.1. The quantitative estimate of drug-likeness (QED) is 0.903. The first-order chi connectivity index (χ1) is 8.24. The fourth-order valence-corrected chi connectivity index (χ4v) is 3.99. The molecular formula is C11H18BrN3OS. The molecule has 0 aromatic carbocycles. The number of aromatic nitrogens is 2. The Morgan fingerprint density at radius 2 is 2.59 bits per heavy atom. The highest BCUT2D eigenvalue weighted by Crippen LogP contribution is 2.36. The Kier molecular flexibility index (Phi) is 4.90. The summed E-state index contributed by atoms with van der Waals surface area (Å²) in [4.78, 5) is 0. The molecule has 1 aliphatic rings. The number of nitrogens with zero attached hydrogens (tertiary/aromatic N) is 2. The molecule has 1 saturated heterocycles. The van der Waals surface area contributed by atoms with Crippen molar-refractivity contribution in [1.82, 2.24) is 9.78 Å². The second-order valence-corrected chi connectivity index (χ2v) is 6.37. The summed E-state index contributed by atoms with van der Waals surface area (Å²) in [7, 11) is 1.70. The summed E-state index contributed by atoms with van der Waals surface area (Å²) in [6.07, 6.45) is 4.30. The summed E-state index contributed by atoms with van der Waals surface area (Å²) in [6.45, 7) is 1.41. The molecule has 2 rings (SSSR count). The van der Waals surface area contributed by atoms with Crippen LogP contribution < -0.4 is 5.73 Å². The van der Waals surface area contributed by atoms with Gasteiger partial charge in [0, 0.05) is 12.4 Å². The molecule has 0 bridgehead atoms. The van der Waals surface area contributed by atoms with E-state index in [0.717, 1.165) is 16.7 Å². The van der Waals surface area contributed by atoms with Gasteiger partial charge >= 0.3 is 0 Å². The predicted molar refractivity (Wildman–Crippen MR) is 74.2 cm³/mol. The molecule has 2 unspecified atom stereocenters. The molecule has 96 valence electrons. The minimum Gasteiger partial charge on any atom is -0.383 e. The Labute approximate surface area is 114 Å². The maximum atomic E-state index is 6.37. The Morgan fingerprint density at radius 1 is 1.76 bits per heavy atom. The lowest BCUT2D eigenvalue weighted by molar-refractivity contribution is 0.182. The van der Waals surface area contributed by atoms with Gasteiger partial charge in [0.05, 0.1) is 35.6 Å². The molecule has 6 heteroatoms. The highest BCUT2D eigenvalue weighted by molar-refractivity contribution is 9.10. The molecule has 0 spiro atoms. The van der Waals surface area contributed by atoms with Gasteiger partial charge in [-0.05, 0) is 34.5 Å². The van der Waals surface area contributed by atoms with Crippen LogP contribution in [0.25, 0.3) is 0 Å². The van der Waals surface area contributed by atoms with Crippen LogP contribution in [-0.2, 0) is 11.3 Å². The van der Waals surface area contributed by atoms with E-state index in [0.29, 0.717) is 11.9 Å². The fourth-order valence-electron chi connectivity index (χ4n) is 2.12. The molecule has 17 heavy (non-hydrogen) atoms. The monoisotopic (exact) mass is 319 g/mol. The number of methoxy groups -OCH3 is 1. The van der Waals surface area contributed by atoms with Crippen molar-refractivity contribution in [2.24, 2.45) is 5.73 Å². The summed E-state index contributed by atoms with van der Waals surface area (Å²) < 4.78 is 8.06. The largest absolute Gasteiger partial charge is 0.383 e. The van der Waals surface area contributed by atoms with E-state index < -0.39 is 0 Å². The van der Waals surface area contributed by atoms with E-state index in [1.807, 2.05) is 22.6 Å². The Hall–Kier alpha value is -0.0400. The average molecular weight is 320 g/mol. The highest BCUT2D eigenvalue weighted by Gasteiger charge is 2.28. The molecule has 1 aliphatic heterocycles. The minimum absolute atomic E-state index is 0.0521. The standard InChI is InChI=1S/C11H18BrN3OS/c1-16-5-4-15-11(8(12)7-14-15)10(13)9-3-2-6-17-9/h7,9-10H,2-6,13H2,1H3. The van der Waals surface area contributed by atoms with E-state index in [2.05, 4.69) is 21.0 Å². The molecule has 0 amide bonds. The van der Waals surface area contributed by atoms with Crippen molar-refractivity contribution in [3.05, 3.63) is 16.4 Å². The lowest BCUT2D eigenvalue weighted by Crippen LogP contribution is -2.26. The van der Waals surface area contributed by atoms with Gasteiger partial charge in [0.15, 0.2) is 0 Å². The van der Waals surface area contributed by atoms with Gasteiger partial charge in [0.25, 0.3) is 0 Å². The van der Waals surface area contributed by atoms with Crippen LogP contribution in [0.3, 0.4) is 0 Å². The van der Waals surface area contributed by atoms with E-state index in [9.17, 15) is 0 Å². The molecular weight excluding hydrogens is 302 g/mol. The van der Waals surface area contributed by atoms with Crippen LogP contribution in [0.4, 0.5) is 0 Å². The molecule has 2 N–H and O–H groups in total. The van der Waals surface area contributed by atoms with Gasteiger partial charge in [-0.1, -0.05) is 0 Å². The second-order valence-electron chi connectivity index (χ2n) is 4.17. The molecule has 4 nitrogen and oxygen atoms in total. The highest BCUT2D eigenvalue weighted by atomic mass is 79.9. The smallest absolute Gasteiger partial charge is 0.0705 e. The maximum absolute atomic E-state index is 6.37. The van der Waals surface area contributed by atoms with Crippen molar-refractivity contribution in [3.8, 4) is 0 Å². The van der Waals surface area contributed by atoms with Crippen LogP contribution in [0.15, 0.2) is 10.7 Å². The first-order valence-corrected chi connectivity index (χ1v) is 7.65. The van der Waals surface area contributed by atoms with Crippen LogP contribution in [0, 0.1) is 0 Å². The lowest BCUT2D eigenvalue weighted by Gasteiger charge is -2.20. The van der Waals surface area contributed by atoms with Gasteiger partial charge in [0.2, 0.25) is 0 Å². The summed E-state index contributed by atoms with van der Waals surface area (Å²) in [6, 6.07) is 0.0521. The normalized spacial score (nSPS) is 21.9. The number of hydrogen-bond donors (Lipinski definition) is 1. The predicted octanol–water partition coefficient (Wildman–Crippen LogP) is 2.19. The minimum atomic E-state index is 0.0521. The number of rotatable bonds is 5. The van der Waals surface area contributed by atoms with E-state index in [1.165, 1.54) is 18.6 Å². The van der Waals surface area contributed by atoms with E-state index in [1.54, 1.807) is 7.11 Å². The third-order valence-electron chi connectivity index (χ3n) is 3.02. The topological polar surface area (TPSA) is 53.1 Å². The number of hydrogen-bond acceptors (Lipinski definition) is 4. The van der Waals surface area contributed by atoms with Crippen LogP contribution in [-0.4, -0.2) is 34.5 Å². The van der Waals surface area contributed by atoms with Crippen molar-refractivity contribution in [2.75, 3.05) is 19.5 Å². The fraction of sp³-hybridized carbons (Fsp3) is 0.727. The van der Waals surface area contributed by atoms with Crippen molar-refractivity contribution in [3.63, 3.8) is 0 Å². The molecule has 1 aromatic rings. The van der Waals surface area contributed by atoms with Crippen LogP contribution in [0.5, 0.6) is 0 Å². The van der Waals surface area contributed by atoms with Gasteiger partial charge in [-0.3, -0.25) is 4.68 Å². The zero-order valence-corrected chi connectivity index (χ0v) is 12.3. The number of thioether (sulfide) groups is 1. The zero-order valence-electron chi connectivity index (χ0n) is 9.93. The molecule has 2 atom stereocenters. The zero-order chi connectivity index (χ0) is 12.3. The van der Waals surface area contributed by atoms with E-state index in [4.69, 9.17) is 10.5 Å². The molecule has 1 aromatic heterocycles. The second kappa shape index (κ2) is 6.22. The Morgan fingerprint density at radius 3 is 3.24 bits per heavy atom. The molecule has 1 fully saturated rings. The third-order valence-corrected chi connectivity index (χ3v) is 5.11. The first kappa shape index (κ1) is 13.4. The van der Waals surface area contributed by atoms with E-state index in [-0.39, 0.29) is 6.04 Å². The SMILES string of the molecule is COCCn1ncc(Br)c1C(N)C1CCCS1. The van der Waals surface area contributed by atoms with Crippen LogP contribution in [0.1, 0.15) is 24.6 Å². The molecule has 0 radical (unpaired) electrons. The third kappa shape index (κ3) is 3.05. The Balaban J connectivity index is 2.14. The molecule has 0 aliphatic carbocycles. The Bertz CT molecular complexity index is 366. The summed E-state index contributed by atoms with van der Waals surface area (Å²) >= 11 is 5.52. The van der Waals surface area contributed by atoms with Crippen LogP contribution >= 0.6 is 27.7 Å². The first-order valence-electron chi connectivity index (χ1n) is 5.81. The van der Waals surface area contributed by atoms with Crippen LogP contribution in [0.2, 0.25) is 0 Å². The van der Waals surface area contributed by atoms with Gasteiger partial charge < -0.3 is 10.5 Å². The number of halogens is 1. The van der Waals surface area contributed by atoms with Crippen molar-refractivity contribution in [2.45, 2.75) is 30.7 Å². The van der Waals surface area contributed by atoms with Crippen molar-refractivity contribution < 1.29 is 4.74 Å². The maximum Gasteiger partial charge on any atom is 0.0705 e. The van der Waals surface area contributed by atoms with Gasteiger partial charge in [-0.15, -0.1) is 0 Å².